The van der Waals surface area contributed by atoms with E-state index in [1.54, 1.807) is 26.5 Å². The van der Waals surface area contributed by atoms with Crippen LogP contribution in [0.25, 0.3) is 0 Å². The summed E-state index contributed by atoms with van der Waals surface area (Å²) < 4.78 is 10.8. The smallest absolute Gasteiger partial charge is 0.211 e. The van der Waals surface area contributed by atoms with Crippen LogP contribution in [0.5, 0.6) is 0 Å². The van der Waals surface area contributed by atoms with Gasteiger partial charge in [0.25, 0.3) is 0 Å². The highest BCUT2D eigenvalue weighted by Gasteiger charge is 2.34. The fraction of sp³-hybridized carbons (Fsp3) is 0.600. The molecule has 0 aromatic carbocycles. The van der Waals surface area contributed by atoms with Crippen LogP contribution in [-0.2, 0) is 15.3 Å². The number of methoxy groups -OCH3 is 2. The Labute approximate surface area is 89.4 Å². The van der Waals surface area contributed by atoms with Gasteiger partial charge >= 0.3 is 0 Å². The lowest BCUT2D eigenvalue weighted by Gasteiger charge is -2.30. The number of hydrogen-bond acceptors (Lipinski definition) is 2. The molecule has 1 rings (SSSR count). The van der Waals surface area contributed by atoms with E-state index in [4.69, 9.17) is 21.1 Å². The van der Waals surface area contributed by atoms with Gasteiger partial charge in [-0.25, -0.2) is 0 Å². The molecule has 0 unspecified atom stereocenters. The van der Waals surface area contributed by atoms with Gasteiger partial charge in [-0.15, -0.1) is 0 Å². The van der Waals surface area contributed by atoms with E-state index >= 15 is 0 Å². The van der Waals surface area contributed by atoms with Crippen LogP contribution in [0.4, 0.5) is 0 Å². The van der Waals surface area contributed by atoms with Gasteiger partial charge in [0, 0.05) is 26.8 Å². The molecule has 1 aromatic rings. The molecule has 0 saturated heterocycles. The number of aromatic amines is 1. The van der Waals surface area contributed by atoms with Crippen molar-refractivity contribution in [3.63, 3.8) is 0 Å². The first-order chi connectivity index (χ1) is 6.70. The van der Waals surface area contributed by atoms with Crippen molar-refractivity contribution >= 4 is 11.6 Å². The van der Waals surface area contributed by atoms with Crippen LogP contribution in [0.3, 0.4) is 0 Å². The summed E-state index contributed by atoms with van der Waals surface area (Å²) in [5.41, 5.74) is 0.783. The first-order valence-electron chi connectivity index (χ1n) is 4.64. The Bertz CT molecular complexity index is 281. The summed E-state index contributed by atoms with van der Waals surface area (Å²) in [6.45, 7) is 2.07. The SMILES string of the molecule is CCCC(OC)(OC)c1[nH]ccc1Cl. The number of rotatable bonds is 5. The van der Waals surface area contributed by atoms with E-state index in [2.05, 4.69) is 11.9 Å². The molecular formula is C10H16ClNO2. The van der Waals surface area contributed by atoms with E-state index in [1.807, 2.05) is 0 Å². The Morgan fingerprint density at radius 3 is 2.43 bits per heavy atom. The number of nitrogens with one attached hydrogen (secondary N) is 1. The van der Waals surface area contributed by atoms with Crippen molar-refractivity contribution in [3.05, 3.63) is 23.0 Å². The van der Waals surface area contributed by atoms with Crippen molar-refractivity contribution < 1.29 is 9.47 Å². The van der Waals surface area contributed by atoms with Gasteiger partial charge in [-0.2, -0.15) is 0 Å². The molecule has 0 aliphatic carbocycles. The maximum Gasteiger partial charge on any atom is 0.211 e. The molecule has 0 saturated carbocycles. The van der Waals surface area contributed by atoms with Gasteiger partial charge in [0.2, 0.25) is 5.79 Å². The lowest BCUT2D eigenvalue weighted by molar-refractivity contribution is -0.222. The van der Waals surface area contributed by atoms with Crippen LogP contribution in [0.1, 0.15) is 25.5 Å². The Morgan fingerprint density at radius 2 is 2.07 bits per heavy atom. The lowest BCUT2D eigenvalue weighted by Crippen LogP contribution is -2.31. The summed E-state index contributed by atoms with van der Waals surface area (Å²) in [6.07, 6.45) is 3.50. The van der Waals surface area contributed by atoms with Crippen LogP contribution in [0.15, 0.2) is 12.3 Å². The minimum absolute atomic E-state index is 0.641. The summed E-state index contributed by atoms with van der Waals surface area (Å²) in [5.74, 6) is -0.741. The molecule has 14 heavy (non-hydrogen) atoms. The van der Waals surface area contributed by atoms with Gasteiger partial charge in [-0.3, -0.25) is 0 Å². The lowest BCUT2D eigenvalue weighted by atomic mass is 10.1. The van der Waals surface area contributed by atoms with Crippen molar-refractivity contribution in [2.75, 3.05) is 14.2 Å². The van der Waals surface area contributed by atoms with Crippen molar-refractivity contribution in [2.45, 2.75) is 25.6 Å². The predicted octanol–water partition coefficient (Wildman–Crippen LogP) is 2.91. The second kappa shape index (κ2) is 4.82. The number of H-pyrrole nitrogens is 1. The maximum absolute atomic E-state index is 6.03. The third-order valence-corrected chi connectivity index (χ3v) is 2.63. The molecule has 0 fully saturated rings. The average Bonchev–Trinajstić information content (AvgIpc) is 2.62. The molecule has 1 heterocycles. The maximum atomic E-state index is 6.03. The number of ether oxygens (including phenoxy) is 2. The van der Waals surface area contributed by atoms with Crippen LogP contribution in [0, 0.1) is 0 Å². The Hall–Kier alpha value is -0.510. The highest BCUT2D eigenvalue weighted by atomic mass is 35.5. The number of hydrogen-bond donors (Lipinski definition) is 1. The first-order valence-corrected chi connectivity index (χ1v) is 5.01. The summed E-state index contributed by atoms with van der Waals surface area (Å²) >= 11 is 6.03. The largest absolute Gasteiger partial charge is 0.359 e. The number of halogens is 1. The predicted molar refractivity (Wildman–Crippen MR) is 56.4 cm³/mol. The average molecular weight is 218 g/mol. The van der Waals surface area contributed by atoms with Crippen molar-refractivity contribution in [1.29, 1.82) is 0 Å². The zero-order valence-corrected chi connectivity index (χ0v) is 9.52. The molecule has 0 spiro atoms. The minimum Gasteiger partial charge on any atom is -0.359 e. The molecule has 0 aliphatic heterocycles. The van der Waals surface area contributed by atoms with E-state index in [9.17, 15) is 0 Å². The fourth-order valence-electron chi connectivity index (χ4n) is 1.59. The van der Waals surface area contributed by atoms with Gasteiger partial charge in [0.1, 0.15) is 0 Å². The Kier molecular flexibility index (Phi) is 3.98. The zero-order valence-electron chi connectivity index (χ0n) is 8.76. The topological polar surface area (TPSA) is 34.2 Å². The molecule has 80 valence electrons. The van der Waals surface area contributed by atoms with E-state index in [0.717, 1.165) is 18.5 Å². The van der Waals surface area contributed by atoms with Crippen molar-refractivity contribution in [1.82, 2.24) is 4.98 Å². The van der Waals surface area contributed by atoms with Gasteiger partial charge in [-0.1, -0.05) is 24.9 Å². The second-order valence-electron chi connectivity index (χ2n) is 3.11. The Balaban J connectivity index is 3.03. The van der Waals surface area contributed by atoms with Crippen LogP contribution >= 0.6 is 11.6 Å². The van der Waals surface area contributed by atoms with Crippen molar-refractivity contribution in [2.24, 2.45) is 0 Å². The van der Waals surface area contributed by atoms with Gasteiger partial charge in [0.05, 0.1) is 10.7 Å². The highest BCUT2D eigenvalue weighted by Crippen LogP contribution is 2.34. The van der Waals surface area contributed by atoms with Gasteiger partial charge < -0.3 is 14.5 Å². The molecule has 0 amide bonds. The first kappa shape index (κ1) is 11.6. The monoisotopic (exact) mass is 217 g/mol. The van der Waals surface area contributed by atoms with Crippen LogP contribution < -0.4 is 0 Å². The molecule has 0 aliphatic rings. The third kappa shape index (κ3) is 1.95. The number of aromatic nitrogens is 1. The summed E-state index contributed by atoms with van der Waals surface area (Å²) in [4.78, 5) is 3.05. The molecule has 3 nitrogen and oxygen atoms in total. The Morgan fingerprint density at radius 1 is 1.43 bits per heavy atom. The molecule has 0 radical (unpaired) electrons. The normalized spacial score (nSPS) is 12.0. The summed E-state index contributed by atoms with van der Waals surface area (Å²) in [7, 11) is 3.24. The second-order valence-corrected chi connectivity index (χ2v) is 3.52. The standard InChI is InChI=1S/C10H16ClNO2/c1-4-6-10(13-2,14-3)9-8(11)5-7-12-9/h5,7,12H,4,6H2,1-3H3. The van der Waals surface area contributed by atoms with Crippen LogP contribution in [-0.4, -0.2) is 19.2 Å². The zero-order chi connectivity index (χ0) is 10.6. The molecule has 0 bridgehead atoms. The highest BCUT2D eigenvalue weighted by molar-refractivity contribution is 6.31. The third-order valence-electron chi connectivity index (χ3n) is 2.32. The molecular weight excluding hydrogens is 202 g/mol. The van der Waals surface area contributed by atoms with E-state index in [1.165, 1.54) is 0 Å². The summed E-state index contributed by atoms with van der Waals surface area (Å²) in [5, 5.41) is 0.641. The molecule has 0 atom stereocenters. The summed E-state index contributed by atoms with van der Waals surface area (Å²) in [6, 6.07) is 1.79. The van der Waals surface area contributed by atoms with E-state index in [-0.39, 0.29) is 0 Å². The van der Waals surface area contributed by atoms with Gasteiger partial charge in [-0.05, 0) is 6.07 Å². The fourth-order valence-corrected chi connectivity index (χ4v) is 1.85. The van der Waals surface area contributed by atoms with E-state index in [0.29, 0.717) is 5.02 Å². The van der Waals surface area contributed by atoms with Gasteiger partial charge in [0.15, 0.2) is 0 Å². The molecule has 4 heteroatoms. The minimum atomic E-state index is -0.741. The quantitative estimate of drug-likeness (QED) is 0.770. The van der Waals surface area contributed by atoms with Crippen molar-refractivity contribution in [3.8, 4) is 0 Å². The van der Waals surface area contributed by atoms with Crippen LogP contribution in [0.2, 0.25) is 5.02 Å². The van der Waals surface area contributed by atoms with E-state index < -0.39 is 5.79 Å². The molecule has 1 N–H and O–H groups in total. The molecule has 1 aromatic heterocycles.